The molecule has 0 saturated heterocycles. The van der Waals surface area contributed by atoms with Crippen molar-refractivity contribution in [2.45, 2.75) is 34.7 Å². The molecule has 0 aliphatic carbocycles. The van der Waals surface area contributed by atoms with E-state index in [4.69, 9.17) is 4.74 Å². The Kier molecular flexibility index (Phi) is 8.72. The molecule has 2 aromatic carbocycles. The zero-order chi connectivity index (χ0) is 25.7. The lowest BCUT2D eigenvalue weighted by Crippen LogP contribution is -2.37. The number of carbonyl (C=O) groups is 1. The van der Waals surface area contributed by atoms with Gasteiger partial charge >= 0.3 is 12.3 Å². The molecule has 0 aliphatic heterocycles. The highest BCUT2D eigenvalue weighted by Gasteiger charge is 2.38. The monoisotopic (exact) mass is 522 g/mol. The molecular weight excluding hydrogens is 497 g/mol. The Balaban J connectivity index is 2.32. The first kappa shape index (κ1) is 27.6. The molecule has 2 rings (SSSR count). The van der Waals surface area contributed by atoms with Crippen LogP contribution in [0.4, 0.5) is 18.0 Å². The maximum Gasteiger partial charge on any atom is 0.417 e. The summed E-state index contributed by atoms with van der Waals surface area (Å²) in [6, 6.07) is 8.51. The van der Waals surface area contributed by atoms with Gasteiger partial charge in [-0.15, -0.1) is 0 Å². The molecule has 1 amide bonds. The fourth-order valence-corrected chi connectivity index (χ4v) is 5.38. The van der Waals surface area contributed by atoms with Gasteiger partial charge in [0.1, 0.15) is 0 Å². The molecule has 1 N–H and O–H groups in total. The largest absolute Gasteiger partial charge is 0.449 e. The number of ether oxygens (including phenoxy) is 1. The molecule has 0 fully saturated rings. The molecular formula is C21H25F3N2O6S2. The van der Waals surface area contributed by atoms with Gasteiger partial charge in [0.25, 0.3) is 0 Å². The SMILES string of the molecule is CC(C)COC(=O)N(C)CCNS(=O)(=O)c1cc(S(=O)(=O)c2ccccc2)ccc1C(F)(F)F. The number of carbonyl (C=O) groups excluding carboxylic acids is 1. The number of nitrogens with zero attached hydrogens (tertiary/aromatic N) is 1. The van der Waals surface area contributed by atoms with Gasteiger partial charge in [-0.1, -0.05) is 32.0 Å². The van der Waals surface area contributed by atoms with E-state index in [1.807, 2.05) is 18.6 Å². The Bertz CT molecular complexity index is 1210. The highest BCUT2D eigenvalue weighted by Crippen LogP contribution is 2.36. The number of likely N-dealkylation sites (N-methyl/N-ethyl adjacent to an activating group) is 1. The van der Waals surface area contributed by atoms with Crippen molar-refractivity contribution in [3.63, 3.8) is 0 Å². The average Bonchev–Trinajstić information content (AvgIpc) is 2.76. The van der Waals surface area contributed by atoms with Crippen molar-refractivity contribution in [2.75, 3.05) is 26.7 Å². The van der Waals surface area contributed by atoms with E-state index >= 15 is 0 Å². The van der Waals surface area contributed by atoms with Crippen LogP contribution in [0.3, 0.4) is 0 Å². The number of hydrogen-bond acceptors (Lipinski definition) is 6. The summed E-state index contributed by atoms with van der Waals surface area (Å²) in [7, 11) is -7.73. The molecule has 0 aliphatic rings. The average molecular weight is 523 g/mol. The normalized spacial score (nSPS) is 12.6. The van der Waals surface area contributed by atoms with Crippen LogP contribution in [0.5, 0.6) is 0 Å². The summed E-state index contributed by atoms with van der Waals surface area (Å²) in [5.74, 6) is 0.0797. The summed E-state index contributed by atoms with van der Waals surface area (Å²) in [5.41, 5.74) is -1.52. The summed E-state index contributed by atoms with van der Waals surface area (Å²) in [4.78, 5) is 10.9. The first-order valence-electron chi connectivity index (χ1n) is 10.0. The number of amides is 1. The molecule has 0 aromatic heterocycles. The number of alkyl halides is 3. The van der Waals surface area contributed by atoms with Crippen LogP contribution in [0, 0.1) is 5.92 Å². The fraction of sp³-hybridized carbons (Fsp3) is 0.381. The van der Waals surface area contributed by atoms with Crippen LogP contribution in [-0.4, -0.2) is 54.6 Å². The maximum absolute atomic E-state index is 13.5. The van der Waals surface area contributed by atoms with E-state index in [0.717, 1.165) is 4.90 Å². The van der Waals surface area contributed by atoms with Crippen LogP contribution in [0.25, 0.3) is 0 Å². The second-order valence-corrected chi connectivity index (χ2v) is 11.4. The first-order valence-corrected chi connectivity index (χ1v) is 13.0. The van der Waals surface area contributed by atoms with E-state index in [9.17, 15) is 34.8 Å². The summed E-state index contributed by atoms with van der Waals surface area (Å²) in [5, 5.41) is 0. The number of sulfone groups is 1. The quantitative estimate of drug-likeness (QED) is 0.540. The zero-order valence-corrected chi connectivity index (χ0v) is 20.3. The molecule has 0 atom stereocenters. The minimum Gasteiger partial charge on any atom is -0.449 e. The van der Waals surface area contributed by atoms with Crippen molar-refractivity contribution in [3.05, 3.63) is 54.1 Å². The summed E-state index contributed by atoms with van der Waals surface area (Å²) in [6.07, 6.45) is -5.78. The number of rotatable bonds is 9. The second kappa shape index (κ2) is 10.7. The molecule has 2 aromatic rings. The van der Waals surface area contributed by atoms with Crippen molar-refractivity contribution >= 4 is 26.0 Å². The molecule has 188 valence electrons. The predicted octanol–water partition coefficient (Wildman–Crippen LogP) is 3.54. The smallest absolute Gasteiger partial charge is 0.417 e. The van der Waals surface area contributed by atoms with Gasteiger partial charge in [0, 0.05) is 20.1 Å². The third-order valence-corrected chi connectivity index (χ3v) is 7.77. The van der Waals surface area contributed by atoms with Gasteiger partial charge in [0.05, 0.1) is 26.9 Å². The van der Waals surface area contributed by atoms with Gasteiger partial charge < -0.3 is 9.64 Å². The molecule has 34 heavy (non-hydrogen) atoms. The molecule has 8 nitrogen and oxygen atoms in total. The van der Waals surface area contributed by atoms with Crippen molar-refractivity contribution in [1.82, 2.24) is 9.62 Å². The molecule has 13 heteroatoms. The van der Waals surface area contributed by atoms with Crippen molar-refractivity contribution < 1.29 is 39.5 Å². The minimum absolute atomic E-state index is 0.0797. The lowest BCUT2D eigenvalue weighted by atomic mass is 10.2. The summed E-state index contributed by atoms with van der Waals surface area (Å²) >= 11 is 0. The van der Waals surface area contributed by atoms with Crippen LogP contribution in [0.1, 0.15) is 19.4 Å². The van der Waals surface area contributed by atoms with Crippen LogP contribution in [0.2, 0.25) is 0 Å². The molecule has 0 spiro atoms. The second-order valence-electron chi connectivity index (χ2n) is 7.76. The van der Waals surface area contributed by atoms with E-state index in [1.54, 1.807) is 6.07 Å². The van der Waals surface area contributed by atoms with Gasteiger partial charge in [-0.2, -0.15) is 13.2 Å². The Morgan fingerprint density at radius 1 is 1.03 bits per heavy atom. The minimum atomic E-state index is -5.06. The van der Waals surface area contributed by atoms with Gasteiger partial charge in [0.2, 0.25) is 19.9 Å². The topological polar surface area (TPSA) is 110 Å². The lowest BCUT2D eigenvalue weighted by Gasteiger charge is -2.19. The zero-order valence-electron chi connectivity index (χ0n) is 18.7. The van der Waals surface area contributed by atoms with Gasteiger partial charge in [-0.05, 0) is 36.2 Å². The van der Waals surface area contributed by atoms with E-state index in [-0.39, 0.29) is 24.0 Å². The number of sulfonamides is 1. The molecule has 0 unspecified atom stereocenters. The highest BCUT2D eigenvalue weighted by atomic mass is 32.2. The van der Waals surface area contributed by atoms with Crippen LogP contribution in [-0.2, 0) is 30.8 Å². The molecule has 0 heterocycles. The number of nitrogens with one attached hydrogen (secondary N) is 1. The van der Waals surface area contributed by atoms with Gasteiger partial charge in [-0.3, -0.25) is 0 Å². The van der Waals surface area contributed by atoms with E-state index in [2.05, 4.69) is 0 Å². The number of halogens is 3. The Morgan fingerprint density at radius 2 is 1.65 bits per heavy atom. The summed E-state index contributed by atoms with van der Waals surface area (Å²) < 4.78 is 98.6. The lowest BCUT2D eigenvalue weighted by molar-refractivity contribution is -0.139. The third-order valence-electron chi connectivity index (χ3n) is 4.50. The van der Waals surface area contributed by atoms with Crippen molar-refractivity contribution in [3.8, 4) is 0 Å². The van der Waals surface area contributed by atoms with Crippen molar-refractivity contribution in [1.29, 1.82) is 0 Å². The van der Waals surface area contributed by atoms with Crippen LogP contribution in [0.15, 0.2) is 63.2 Å². The maximum atomic E-state index is 13.5. The number of hydrogen-bond donors (Lipinski definition) is 1. The highest BCUT2D eigenvalue weighted by molar-refractivity contribution is 7.91. The Morgan fingerprint density at radius 3 is 2.21 bits per heavy atom. The fourth-order valence-electron chi connectivity index (χ4n) is 2.73. The Labute approximate surface area is 196 Å². The molecule has 0 bridgehead atoms. The van der Waals surface area contributed by atoms with Gasteiger partial charge in [-0.25, -0.2) is 26.4 Å². The third kappa shape index (κ3) is 6.93. The standard InChI is InChI=1S/C21H25F3N2O6S2/c1-15(2)14-32-20(27)26(3)12-11-25-34(30,31)19-13-17(9-10-18(19)21(22,23)24)33(28,29)16-7-5-4-6-8-16/h4-10,13,15,25H,11-12,14H2,1-3H3. The van der Waals surface area contributed by atoms with E-state index < -0.39 is 54.0 Å². The first-order chi connectivity index (χ1) is 15.7. The predicted molar refractivity (Wildman–Crippen MR) is 117 cm³/mol. The Hall–Kier alpha value is -2.64. The summed E-state index contributed by atoms with van der Waals surface area (Å²) in [6.45, 7) is 3.17. The van der Waals surface area contributed by atoms with Crippen molar-refractivity contribution in [2.24, 2.45) is 5.92 Å². The van der Waals surface area contributed by atoms with Crippen LogP contribution >= 0.6 is 0 Å². The molecule has 0 saturated carbocycles. The van der Waals surface area contributed by atoms with E-state index in [0.29, 0.717) is 18.2 Å². The van der Waals surface area contributed by atoms with E-state index in [1.165, 1.54) is 31.3 Å². The number of benzene rings is 2. The van der Waals surface area contributed by atoms with Crippen LogP contribution < -0.4 is 4.72 Å². The van der Waals surface area contributed by atoms with Gasteiger partial charge in [0.15, 0.2) is 0 Å². The molecule has 0 radical (unpaired) electrons.